The molecule has 222 valence electrons. The first kappa shape index (κ1) is 27.6. The van der Waals surface area contributed by atoms with E-state index < -0.39 is 0 Å². The van der Waals surface area contributed by atoms with E-state index in [1.165, 1.54) is 37.9 Å². The van der Waals surface area contributed by atoms with Gasteiger partial charge in [0.05, 0.1) is 23.0 Å². The molecule has 2 aromatic heterocycles. The lowest BCUT2D eigenvalue weighted by Gasteiger charge is -2.14. The second kappa shape index (κ2) is 11.3. The molecule has 0 aliphatic heterocycles. The molecular weight excluding hydrogens is 585 g/mol. The number of nitrogens with zero attached hydrogens (tertiary/aromatic N) is 4. The van der Waals surface area contributed by atoms with Gasteiger partial charge in [-0.3, -0.25) is 4.98 Å². The number of hydrogen-bond donors (Lipinski definition) is 0. The fourth-order valence-electron chi connectivity index (χ4n) is 6.75. The summed E-state index contributed by atoms with van der Waals surface area (Å²) in [6.45, 7) is 0. The minimum Gasteiger partial charge on any atom is -0.265 e. The van der Waals surface area contributed by atoms with Gasteiger partial charge < -0.3 is 0 Å². The summed E-state index contributed by atoms with van der Waals surface area (Å²) in [5, 5.41) is 17.0. The average molecular weight is 611 g/mol. The zero-order chi connectivity index (χ0) is 32.0. The topological polar surface area (TPSA) is 62.5 Å². The molecule has 0 N–H and O–H groups in total. The summed E-state index contributed by atoms with van der Waals surface area (Å²) in [4.78, 5) is 14.2. The molecule has 0 aliphatic carbocycles. The van der Waals surface area contributed by atoms with Crippen LogP contribution in [0.25, 0.3) is 88.5 Å². The predicted octanol–water partition coefficient (Wildman–Crippen LogP) is 11.0. The van der Waals surface area contributed by atoms with E-state index in [-0.39, 0.29) is 0 Å². The Hall–Kier alpha value is -6.70. The van der Waals surface area contributed by atoms with Crippen LogP contribution in [0, 0.1) is 11.3 Å². The van der Waals surface area contributed by atoms with Crippen molar-refractivity contribution in [1.29, 1.82) is 5.26 Å². The van der Waals surface area contributed by atoms with E-state index in [0.717, 1.165) is 44.8 Å². The Bertz CT molecular complexity index is 2620. The lowest BCUT2D eigenvalue weighted by Crippen LogP contribution is -1.96. The molecule has 0 unspecified atom stereocenters. The molecule has 2 heterocycles. The maximum atomic E-state index is 9.35. The van der Waals surface area contributed by atoms with Crippen LogP contribution in [0.2, 0.25) is 0 Å². The Balaban J connectivity index is 1.13. The van der Waals surface area contributed by atoms with Crippen molar-refractivity contribution in [3.8, 4) is 62.2 Å². The fraction of sp³-hybridized carbons (Fsp3) is 0. The zero-order valence-electron chi connectivity index (χ0n) is 25.8. The van der Waals surface area contributed by atoms with Crippen LogP contribution in [0.4, 0.5) is 0 Å². The summed E-state index contributed by atoms with van der Waals surface area (Å²) in [7, 11) is 0. The van der Waals surface area contributed by atoms with Gasteiger partial charge in [0.25, 0.3) is 0 Å². The minimum absolute atomic E-state index is 0.613. The Kier molecular flexibility index (Phi) is 6.48. The molecule has 0 atom stereocenters. The monoisotopic (exact) mass is 610 g/mol. The highest BCUT2D eigenvalue weighted by atomic mass is 14.9. The minimum atomic E-state index is 0.613. The molecule has 4 heteroatoms. The van der Waals surface area contributed by atoms with E-state index in [4.69, 9.17) is 9.97 Å². The second-order valence-electron chi connectivity index (χ2n) is 12.0. The van der Waals surface area contributed by atoms with Gasteiger partial charge in [-0.25, -0.2) is 9.97 Å². The van der Waals surface area contributed by atoms with Gasteiger partial charge in [0, 0.05) is 29.1 Å². The van der Waals surface area contributed by atoms with Crippen LogP contribution >= 0.6 is 0 Å². The van der Waals surface area contributed by atoms with Gasteiger partial charge in [0.15, 0.2) is 5.82 Å². The highest BCUT2D eigenvalue weighted by molar-refractivity contribution is 6.25. The molecule has 0 saturated carbocycles. The molecule has 0 saturated heterocycles. The third kappa shape index (κ3) is 4.74. The number of rotatable bonds is 5. The van der Waals surface area contributed by atoms with Crippen molar-refractivity contribution in [3.05, 3.63) is 164 Å². The molecule has 0 bridgehead atoms. The van der Waals surface area contributed by atoms with E-state index in [1.54, 1.807) is 12.4 Å². The number of benzene rings is 7. The molecule has 0 radical (unpaired) electrons. The summed E-state index contributed by atoms with van der Waals surface area (Å²) < 4.78 is 0. The molecule has 9 aromatic rings. The van der Waals surface area contributed by atoms with Crippen molar-refractivity contribution in [1.82, 2.24) is 15.0 Å². The van der Waals surface area contributed by atoms with Crippen molar-refractivity contribution in [2.24, 2.45) is 0 Å². The maximum absolute atomic E-state index is 9.35. The predicted molar refractivity (Wildman–Crippen MR) is 195 cm³/mol. The third-order valence-corrected chi connectivity index (χ3v) is 9.21. The Morgan fingerprint density at radius 3 is 1.62 bits per heavy atom. The van der Waals surface area contributed by atoms with Crippen molar-refractivity contribution in [2.45, 2.75) is 0 Å². The molecule has 0 amide bonds. The summed E-state index contributed by atoms with van der Waals surface area (Å²) in [5.74, 6) is 0.643. The number of nitriles is 1. The van der Waals surface area contributed by atoms with Crippen LogP contribution in [0.1, 0.15) is 5.56 Å². The number of hydrogen-bond acceptors (Lipinski definition) is 4. The first-order valence-corrected chi connectivity index (χ1v) is 15.9. The van der Waals surface area contributed by atoms with E-state index >= 15 is 0 Å². The molecule has 7 aromatic carbocycles. The van der Waals surface area contributed by atoms with Crippen LogP contribution in [0.3, 0.4) is 0 Å². The number of pyridine rings is 1. The SMILES string of the molecule is N#Cc1ccc(-c2cc(-c3ccc(-c4ccc5ccc6cccc7ccc4c5c67)cc3)nc(-c3ccc(-c4ccncc4)cc3)n2)cc1. The quantitative estimate of drug-likeness (QED) is 0.182. The normalized spacial score (nSPS) is 11.3. The first-order chi connectivity index (χ1) is 23.7. The molecule has 4 nitrogen and oxygen atoms in total. The molecular formula is C44H26N4. The van der Waals surface area contributed by atoms with Crippen LogP contribution in [0.15, 0.2) is 158 Å². The smallest absolute Gasteiger partial charge is 0.160 e. The van der Waals surface area contributed by atoms with E-state index in [1.807, 2.05) is 42.5 Å². The average Bonchev–Trinajstić information content (AvgIpc) is 3.17. The van der Waals surface area contributed by atoms with E-state index in [2.05, 4.69) is 114 Å². The highest BCUT2D eigenvalue weighted by Crippen LogP contribution is 2.40. The molecule has 48 heavy (non-hydrogen) atoms. The summed E-state index contributed by atoms with van der Waals surface area (Å²) in [5.41, 5.74) is 9.68. The van der Waals surface area contributed by atoms with Crippen LogP contribution in [0.5, 0.6) is 0 Å². The van der Waals surface area contributed by atoms with Crippen LogP contribution in [-0.2, 0) is 0 Å². The Morgan fingerprint density at radius 1 is 0.438 bits per heavy atom. The van der Waals surface area contributed by atoms with Crippen molar-refractivity contribution >= 4 is 32.3 Å². The van der Waals surface area contributed by atoms with Gasteiger partial charge >= 0.3 is 0 Å². The lowest BCUT2D eigenvalue weighted by molar-refractivity contribution is 1.18. The van der Waals surface area contributed by atoms with Gasteiger partial charge in [0.2, 0.25) is 0 Å². The van der Waals surface area contributed by atoms with Crippen LogP contribution < -0.4 is 0 Å². The second-order valence-corrected chi connectivity index (χ2v) is 12.0. The largest absolute Gasteiger partial charge is 0.265 e. The van der Waals surface area contributed by atoms with Gasteiger partial charge in [-0.1, -0.05) is 115 Å². The molecule has 0 aliphatic rings. The van der Waals surface area contributed by atoms with Gasteiger partial charge in [-0.2, -0.15) is 5.26 Å². The van der Waals surface area contributed by atoms with Gasteiger partial charge in [-0.15, -0.1) is 0 Å². The first-order valence-electron chi connectivity index (χ1n) is 15.9. The molecule has 0 fully saturated rings. The molecule has 9 rings (SSSR count). The number of aromatic nitrogens is 3. The van der Waals surface area contributed by atoms with Gasteiger partial charge in [0.1, 0.15) is 0 Å². The molecule has 0 spiro atoms. The third-order valence-electron chi connectivity index (χ3n) is 9.21. The van der Waals surface area contributed by atoms with Crippen molar-refractivity contribution in [2.75, 3.05) is 0 Å². The Labute approximate surface area is 277 Å². The van der Waals surface area contributed by atoms with Crippen molar-refractivity contribution in [3.63, 3.8) is 0 Å². The van der Waals surface area contributed by atoms with Gasteiger partial charge in [-0.05, 0) is 84.9 Å². The van der Waals surface area contributed by atoms with E-state index in [0.29, 0.717) is 11.4 Å². The highest BCUT2D eigenvalue weighted by Gasteiger charge is 2.14. The standard InChI is InChI=1S/C44H26N4/c45-27-28-4-6-32(7-5-28)40-26-41(48-44(47-40)37-16-8-29(9-17-37)30-22-24-46-25-23-30)33-12-10-31(11-13-33)38-20-18-36-15-14-34-2-1-3-35-19-21-39(38)43(36)42(34)35/h1-26H. The lowest BCUT2D eigenvalue weighted by atomic mass is 9.89. The van der Waals surface area contributed by atoms with Crippen molar-refractivity contribution < 1.29 is 0 Å². The Morgan fingerprint density at radius 2 is 0.958 bits per heavy atom. The maximum Gasteiger partial charge on any atom is 0.160 e. The zero-order valence-corrected chi connectivity index (χ0v) is 25.8. The summed E-state index contributed by atoms with van der Waals surface area (Å²) >= 11 is 0. The van der Waals surface area contributed by atoms with Crippen LogP contribution in [-0.4, -0.2) is 15.0 Å². The fourth-order valence-corrected chi connectivity index (χ4v) is 6.75. The summed E-state index contributed by atoms with van der Waals surface area (Å²) in [6, 6.07) is 52.7. The van der Waals surface area contributed by atoms with E-state index in [9.17, 15) is 5.26 Å². The summed E-state index contributed by atoms with van der Waals surface area (Å²) in [6.07, 6.45) is 3.60.